The monoisotopic (exact) mass is 286 g/mol. The van der Waals surface area contributed by atoms with E-state index in [1.54, 1.807) is 0 Å². The highest BCUT2D eigenvalue weighted by Gasteiger charge is 2.28. The highest BCUT2D eigenvalue weighted by molar-refractivity contribution is 5.64. The van der Waals surface area contributed by atoms with Crippen molar-refractivity contribution in [2.24, 2.45) is 0 Å². The Morgan fingerprint density at radius 3 is 3.00 bits per heavy atom. The van der Waals surface area contributed by atoms with Crippen molar-refractivity contribution in [2.45, 2.75) is 51.1 Å². The molecule has 3 heterocycles. The maximum atomic E-state index is 4.61. The van der Waals surface area contributed by atoms with Crippen molar-refractivity contribution in [3.63, 3.8) is 0 Å². The summed E-state index contributed by atoms with van der Waals surface area (Å²) >= 11 is 0. The number of rotatable bonds is 4. The third-order valence-electron chi connectivity index (χ3n) is 4.60. The molecule has 2 aromatic heterocycles. The smallest absolute Gasteiger partial charge is 0.203 e. The van der Waals surface area contributed by atoms with E-state index in [1.807, 2.05) is 23.7 Å². The summed E-state index contributed by atoms with van der Waals surface area (Å²) in [6.45, 7) is 4.10. The highest BCUT2D eigenvalue weighted by atomic mass is 15.3. The van der Waals surface area contributed by atoms with Gasteiger partial charge >= 0.3 is 0 Å². The first-order chi connectivity index (χ1) is 10.3. The summed E-state index contributed by atoms with van der Waals surface area (Å²) in [6.07, 6.45) is 10.2. The molecule has 1 aliphatic heterocycles. The number of piperidine rings is 1. The molecule has 0 spiro atoms. The van der Waals surface area contributed by atoms with E-state index in [-0.39, 0.29) is 0 Å². The van der Waals surface area contributed by atoms with Crippen LogP contribution in [-0.4, -0.2) is 44.8 Å². The Balaban J connectivity index is 1.63. The summed E-state index contributed by atoms with van der Waals surface area (Å²) in [4.78, 5) is 7.04. The first-order valence-corrected chi connectivity index (χ1v) is 7.99. The van der Waals surface area contributed by atoms with Crippen molar-refractivity contribution in [1.82, 2.24) is 24.9 Å². The Kier molecular flexibility index (Phi) is 3.25. The fraction of sp³-hybridized carbons (Fsp3) is 0.667. The Labute approximate surface area is 124 Å². The lowest BCUT2D eigenvalue weighted by Gasteiger charge is -2.36. The lowest BCUT2D eigenvalue weighted by Crippen LogP contribution is -2.46. The molecular formula is C15H22N6. The average Bonchev–Trinajstić information content (AvgIpc) is 3.28. The molecule has 2 fully saturated rings. The zero-order chi connectivity index (χ0) is 14.2. The summed E-state index contributed by atoms with van der Waals surface area (Å²) < 4.78 is 2.03. The second-order valence-corrected chi connectivity index (χ2v) is 6.22. The molecule has 2 aromatic rings. The van der Waals surface area contributed by atoms with Gasteiger partial charge < -0.3 is 10.2 Å². The fourth-order valence-corrected chi connectivity index (χ4v) is 3.21. The number of nitrogens with zero attached hydrogens (tertiary/aromatic N) is 5. The third kappa shape index (κ3) is 2.48. The van der Waals surface area contributed by atoms with Crippen LogP contribution in [0.4, 0.5) is 5.82 Å². The van der Waals surface area contributed by atoms with Crippen molar-refractivity contribution >= 4 is 11.5 Å². The van der Waals surface area contributed by atoms with Crippen LogP contribution in [0.1, 0.15) is 37.9 Å². The van der Waals surface area contributed by atoms with Gasteiger partial charge in [0.15, 0.2) is 5.82 Å². The van der Waals surface area contributed by atoms with Crippen LogP contribution in [0.15, 0.2) is 12.4 Å². The van der Waals surface area contributed by atoms with E-state index in [9.17, 15) is 0 Å². The van der Waals surface area contributed by atoms with E-state index in [4.69, 9.17) is 0 Å². The van der Waals surface area contributed by atoms with Gasteiger partial charge in [0.1, 0.15) is 5.82 Å². The molecule has 21 heavy (non-hydrogen) atoms. The SMILES string of the molecule is Cc1nnc2c(N3CCCCC3CNC3CC3)nccn12. The van der Waals surface area contributed by atoms with Crippen LogP contribution in [0.5, 0.6) is 0 Å². The second-order valence-electron chi connectivity index (χ2n) is 6.22. The summed E-state index contributed by atoms with van der Waals surface area (Å²) in [5.74, 6) is 1.90. The Morgan fingerprint density at radius 2 is 2.14 bits per heavy atom. The van der Waals surface area contributed by atoms with Gasteiger partial charge in [-0.3, -0.25) is 4.40 Å². The lowest BCUT2D eigenvalue weighted by atomic mass is 10.0. The van der Waals surface area contributed by atoms with Crippen LogP contribution < -0.4 is 10.2 Å². The van der Waals surface area contributed by atoms with Gasteiger partial charge in [-0.15, -0.1) is 10.2 Å². The van der Waals surface area contributed by atoms with Crippen LogP contribution in [0, 0.1) is 6.92 Å². The van der Waals surface area contributed by atoms with Crippen molar-refractivity contribution in [2.75, 3.05) is 18.0 Å². The minimum atomic E-state index is 0.523. The summed E-state index contributed by atoms with van der Waals surface area (Å²) in [7, 11) is 0. The van der Waals surface area contributed by atoms with Crippen LogP contribution in [0.2, 0.25) is 0 Å². The van der Waals surface area contributed by atoms with Gasteiger partial charge in [-0.2, -0.15) is 0 Å². The number of aromatic nitrogens is 4. The molecule has 0 aromatic carbocycles. The van der Waals surface area contributed by atoms with Gasteiger partial charge in [0.05, 0.1) is 0 Å². The lowest BCUT2D eigenvalue weighted by molar-refractivity contribution is 0.432. The van der Waals surface area contributed by atoms with Gasteiger partial charge in [-0.25, -0.2) is 4.98 Å². The van der Waals surface area contributed by atoms with Crippen molar-refractivity contribution in [3.05, 3.63) is 18.2 Å². The van der Waals surface area contributed by atoms with Crippen LogP contribution >= 0.6 is 0 Å². The number of anilines is 1. The Bertz CT molecular complexity index is 632. The first kappa shape index (κ1) is 13.0. The Morgan fingerprint density at radius 1 is 1.24 bits per heavy atom. The van der Waals surface area contributed by atoms with Crippen LogP contribution in [-0.2, 0) is 0 Å². The van der Waals surface area contributed by atoms with Gasteiger partial charge in [-0.1, -0.05) is 0 Å². The summed E-state index contributed by atoms with van der Waals surface area (Å²) in [5.41, 5.74) is 0.883. The normalized spacial score (nSPS) is 22.9. The number of fused-ring (bicyclic) bond motifs is 1. The van der Waals surface area contributed by atoms with Gasteiger partial charge in [0.25, 0.3) is 0 Å². The van der Waals surface area contributed by atoms with Crippen molar-refractivity contribution in [3.8, 4) is 0 Å². The second kappa shape index (κ2) is 5.26. The summed E-state index contributed by atoms with van der Waals surface area (Å²) in [6, 6.07) is 1.28. The van der Waals surface area contributed by atoms with E-state index in [2.05, 4.69) is 25.4 Å². The highest BCUT2D eigenvalue weighted by Crippen LogP contribution is 2.27. The zero-order valence-corrected chi connectivity index (χ0v) is 12.5. The van der Waals surface area contributed by atoms with E-state index in [0.717, 1.165) is 36.4 Å². The molecule has 4 rings (SSSR count). The number of aryl methyl sites for hydroxylation is 1. The predicted molar refractivity (Wildman–Crippen MR) is 81.5 cm³/mol. The molecular weight excluding hydrogens is 264 g/mol. The molecule has 1 saturated heterocycles. The molecule has 1 unspecified atom stereocenters. The van der Waals surface area contributed by atoms with Crippen LogP contribution in [0.3, 0.4) is 0 Å². The third-order valence-corrected chi connectivity index (χ3v) is 4.60. The molecule has 112 valence electrons. The molecule has 1 N–H and O–H groups in total. The van der Waals surface area contributed by atoms with Crippen molar-refractivity contribution in [1.29, 1.82) is 0 Å². The van der Waals surface area contributed by atoms with E-state index >= 15 is 0 Å². The van der Waals surface area contributed by atoms with E-state index in [1.165, 1.54) is 32.1 Å². The quantitative estimate of drug-likeness (QED) is 0.924. The number of nitrogens with one attached hydrogen (secondary N) is 1. The minimum Gasteiger partial charge on any atom is -0.349 e. The van der Waals surface area contributed by atoms with Crippen molar-refractivity contribution < 1.29 is 0 Å². The summed E-state index contributed by atoms with van der Waals surface area (Å²) in [5, 5.41) is 12.2. The number of hydrogen-bond acceptors (Lipinski definition) is 5. The average molecular weight is 286 g/mol. The minimum absolute atomic E-state index is 0.523. The topological polar surface area (TPSA) is 58.4 Å². The maximum Gasteiger partial charge on any atom is 0.203 e. The van der Waals surface area contributed by atoms with Gasteiger partial charge in [-0.05, 0) is 39.0 Å². The predicted octanol–water partition coefficient (Wildman–Crippen LogP) is 1.54. The molecule has 6 heteroatoms. The molecule has 0 radical (unpaired) electrons. The fourth-order valence-electron chi connectivity index (χ4n) is 3.21. The van der Waals surface area contributed by atoms with Crippen LogP contribution in [0.25, 0.3) is 5.65 Å². The molecule has 1 saturated carbocycles. The molecule has 0 bridgehead atoms. The molecule has 1 aliphatic carbocycles. The molecule has 1 atom stereocenters. The first-order valence-electron chi connectivity index (χ1n) is 7.99. The molecule has 6 nitrogen and oxygen atoms in total. The standard InChI is InChI=1S/C15H22N6/c1-11-18-19-15-14(16-7-9-20(11)15)21-8-3-2-4-13(21)10-17-12-5-6-12/h7,9,12-13,17H,2-6,8,10H2,1H3. The van der Waals surface area contributed by atoms with Gasteiger partial charge in [0, 0.05) is 37.6 Å². The maximum absolute atomic E-state index is 4.61. The Hall–Kier alpha value is -1.69. The van der Waals surface area contributed by atoms with Gasteiger partial charge in [0.2, 0.25) is 5.65 Å². The van der Waals surface area contributed by atoms with E-state index < -0.39 is 0 Å². The largest absolute Gasteiger partial charge is 0.349 e. The zero-order valence-electron chi connectivity index (χ0n) is 12.5. The van der Waals surface area contributed by atoms with E-state index in [0.29, 0.717) is 6.04 Å². The number of hydrogen-bond donors (Lipinski definition) is 1. The molecule has 0 amide bonds. The molecule has 2 aliphatic rings.